The van der Waals surface area contributed by atoms with Crippen molar-refractivity contribution >= 4 is 39.5 Å². The number of nitrogens with one attached hydrogen (secondary N) is 1. The van der Waals surface area contributed by atoms with Crippen molar-refractivity contribution in [2.45, 2.75) is 24.0 Å². The van der Waals surface area contributed by atoms with E-state index >= 15 is 0 Å². The van der Waals surface area contributed by atoms with E-state index < -0.39 is 0 Å². The van der Waals surface area contributed by atoms with E-state index in [0.717, 1.165) is 35.2 Å². The fourth-order valence-corrected chi connectivity index (χ4v) is 4.93. The van der Waals surface area contributed by atoms with Gasteiger partial charge in [-0.15, -0.1) is 0 Å². The Morgan fingerprint density at radius 2 is 1.88 bits per heavy atom. The van der Waals surface area contributed by atoms with Gasteiger partial charge >= 0.3 is 0 Å². The van der Waals surface area contributed by atoms with E-state index in [1.54, 1.807) is 11.8 Å². The normalized spacial score (nSPS) is 17.4. The molecule has 2 aromatic carbocycles. The quantitative estimate of drug-likeness (QED) is 0.845. The standard InChI is InChI=1S/C20H20N2OS2/c23-18(21-14-20(10-11-20)16-7-2-1-3-8-16)13-25-19-22-17-9-5-4-6-15(17)12-24-19/h1-9H,10-14H2,(H,21,23). The van der Waals surface area contributed by atoms with Crippen LogP contribution in [0.1, 0.15) is 24.0 Å². The zero-order valence-electron chi connectivity index (χ0n) is 13.9. The summed E-state index contributed by atoms with van der Waals surface area (Å²) in [4.78, 5) is 16.9. The second-order valence-electron chi connectivity index (χ2n) is 6.51. The van der Waals surface area contributed by atoms with Gasteiger partial charge in [0.2, 0.25) is 5.91 Å². The topological polar surface area (TPSA) is 41.5 Å². The Balaban J connectivity index is 1.29. The molecule has 0 aromatic heterocycles. The molecular weight excluding hydrogens is 348 g/mol. The minimum Gasteiger partial charge on any atom is -0.354 e. The van der Waals surface area contributed by atoms with Gasteiger partial charge in [0, 0.05) is 17.7 Å². The van der Waals surface area contributed by atoms with Gasteiger partial charge in [0.15, 0.2) is 0 Å². The molecular formula is C20H20N2OS2. The first kappa shape index (κ1) is 16.7. The summed E-state index contributed by atoms with van der Waals surface area (Å²) in [7, 11) is 0. The molecule has 0 radical (unpaired) electrons. The first-order valence-electron chi connectivity index (χ1n) is 8.50. The maximum Gasteiger partial charge on any atom is 0.230 e. The smallest absolute Gasteiger partial charge is 0.230 e. The first-order valence-corrected chi connectivity index (χ1v) is 10.5. The number of nitrogens with zero attached hydrogens (tertiary/aromatic N) is 1. The van der Waals surface area contributed by atoms with Crippen LogP contribution in [0.4, 0.5) is 5.69 Å². The van der Waals surface area contributed by atoms with Gasteiger partial charge < -0.3 is 5.32 Å². The summed E-state index contributed by atoms with van der Waals surface area (Å²) in [6.45, 7) is 0.735. The van der Waals surface area contributed by atoms with Crippen molar-refractivity contribution in [1.82, 2.24) is 5.32 Å². The third-order valence-electron chi connectivity index (χ3n) is 4.74. The van der Waals surface area contributed by atoms with Crippen LogP contribution in [0.15, 0.2) is 59.6 Å². The van der Waals surface area contributed by atoms with Gasteiger partial charge in [-0.05, 0) is 30.0 Å². The van der Waals surface area contributed by atoms with Crippen LogP contribution in [0.25, 0.3) is 0 Å². The van der Waals surface area contributed by atoms with E-state index in [9.17, 15) is 4.79 Å². The van der Waals surface area contributed by atoms with Gasteiger partial charge in [0.25, 0.3) is 0 Å². The largest absolute Gasteiger partial charge is 0.354 e. The third-order valence-corrected chi connectivity index (χ3v) is 6.99. The van der Waals surface area contributed by atoms with Gasteiger partial charge in [-0.25, -0.2) is 4.99 Å². The summed E-state index contributed by atoms with van der Waals surface area (Å²) >= 11 is 3.25. The second-order valence-corrected chi connectivity index (χ2v) is 8.69. The molecule has 1 N–H and O–H groups in total. The summed E-state index contributed by atoms with van der Waals surface area (Å²) < 4.78 is 0.984. The SMILES string of the molecule is O=C(CSC1=Nc2ccccc2CS1)NCC1(c2ccccc2)CC1. The molecule has 0 bridgehead atoms. The number of hydrogen-bond acceptors (Lipinski definition) is 4. The fraction of sp³-hybridized carbons (Fsp3) is 0.300. The van der Waals surface area contributed by atoms with Gasteiger partial charge in [0.1, 0.15) is 4.38 Å². The van der Waals surface area contributed by atoms with Crippen molar-refractivity contribution in [3.63, 3.8) is 0 Å². The molecule has 0 atom stereocenters. The molecule has 4 rings (SSSR count). The minimum absolute atomic E-state index is 0.0920. The maximum atomic E-state index is 12.2. The molecule has 1 saturated carbocycles. The van der Waals surface area contributed by atoms with Crippen molar-refractivity contribution in [2.75, 3.05) is 12.3 Å². The number of hydrogen-bond donors (Lipinski definition) is 1. The fourth-order valence-electron chi connectivity index (χ4n) is 3.04. The monoisotopic (exact) mass is 368 g/mol. The Hall–Kier alpha value is -1.72. The van der Waals surface area contributed by atoms with Crippen LogP contribution < -0.4 is 5.32 Å². The average molecular weight is 369 g/mol. The number of amides is 1. The molecule has 0 unspecified atom stereocenters. The molecule has 1 amide bonds. The van der Waals surface area contributed by atoms with Crippen LogP contribution in [0.2, 0.25) is 0 Å². The number of fused-ring (bicyclic) bond motifs is 1. The highest BCUT2D eigenvalue weighted by Gasteiger charge is 2.44. The Kier molecular flexibility index (Phi) is 4.86. The Bertz CT molecular complexity index is 800. The number of rotatable bonds is 5. The number of carbonyl (C=O) groups is 1. The van der Waals surface area contributed by atoms with Gasteiger partial charge in [0.05, 0.1) is 11.4 Å². The first-order chi connectivity index (χ1) is 12.3. The highest BCUT2D eigenvalue weighted by molar-refractivity contribution is 8.38. The Labute approximate surface area is 156 Å². The molecule has 2 aliphatic rings. The van der Waals surface area contributed by atoms with Crippen molar-refractivity contribution in [3.8, 4) is 0 Å². The van der Waals surface area contributed by atoms with Crippen LogP contribution in [0.3, 0.4) is 0 Å². The van der Waals surface area contributed by atoms with E-state index in [1.165, 1.54) is 22.9 Å². The molecule has 0 spiro atoms. The van der Waals surface area contributed by atoms with Crippen LogP contribution >= 0.6 is 23.5 Å². The van der Waals surface area contributed by atoms with Crippen LogP contribution in [0.5, 0.6) is 0 Å². The molecule has 1 aliphatic carbocycles. The molecule has 128 valence electrons. The Morgan fingerprint density at radius 3 is 2.68 bits per heavy atom. The van der Waals surface area contributed by atoms with Gasteiger partial charge in [-0.2, -0.15) is 0 Å². The number of thioether (sulfide) groups is 2. The summed E-state index contributed by atoms with van der Waals surface area (Å²) in [6.07, 6.45) is 2.31. The number of benzene rings is 2. The summed E-state index contributed by atoms with van der Waals surface area (Å²) in [5.74, 6) is 1.45. The second kappa shape index (κ2) is 7.26. The van der Waals surface area contributed by atoms with E-state index in [1.807, 2.05) is 24.3 Å². The maximum absolute atomic E-state index is 12.2. The van der Waals surface area contributed by atoms with E-state index in [0.29, 0.717) is 5.75 Å². The molecule has 1 fully saturated rings. The molecule has 3 nitrogen and oxygen atoms in total. The van der Waals surface area contributed by atoms with Gasteiger partial charge in [-0.3, -0.25) is 4.79 Å². The number of para-hydroxylation sites is 1. The average Bonchev–Trinajstić information content (AvgIpc) is 3.46. The third kappa shape index (κ3) is 3.93. The zero-order valence-corrected chi connectivity index (χ0v) is 15.5. The van der Waals surface area contributed by atoms with Crippen molar-refractivity contribution in [3.05, 3.63) is 65.7 Å². The molecule has 5 heteroatoms. The van der Waals surface area contributed by atoms with Crippen LogP contribution in [0, 0.1) is 0 Å². The molecule has 1 heterocycles. The highest BCUT2D eigenvalue weighted by Crippen LogP contribution is 2.47. The molecule has 1 aliphatic heterocycles. The predicted octanol–water partition coefficient (Wildman–Crippen LogP) is 4.50. The summed E-state index contributed by atoms with van der Waals surface area (Å²) in [5, 5.41) is 3.12. The van der Waals surface area contributed by atoms with Crippen molar-refractivity contribution in [2.24, 2.45) is 4.99 Å². The zero-order chi connectivity index (χ0) is 17.1. The van der Waals surface area contributed by atoms with E-state index in [2.05, 4.69) is 40.6 Å². The van der Waals surface area contributed by atoms with Crippen LogP contribution in [-0.4, -0.2) is 22.6 Å². The van der Waals surface area contributed by atoms with Crippen LogP contribution in [-0.2, 0) is 16.0 Å². The van der Waals surface area contributed by atoms with E-state index in [-0.39, 0.29) is 11.3 Å². The molecule has 0 saturated heterocycles. The van der Waals surface area contributed by atoms with Crippen molar-refractivity contribution in [1.29, 1.82) is 0 Å². The molecule has 25 heavy (non-hydrogen) atoms. The lowest BCUT2D eigenvalue weighted by molar-refractivity contribution is -0.118. The Morgan fingerprint density at radius 1 is 1.12 bits per heavy atom. The summed E-state index contributed by atoms with van der Waals surface area (Å²) in [5.41, 5.74) is 3.80. The lowest BCUT2D eigenvalue weighted by atomic mass is 9.96. The predicted molar refractivity (Wildman–Crippen MR) is 108 cm³/mol. The van der Waals surface area contributed by atoms with E-state index in [4.69, 9.17) is 0 Å². The summed E-state index contributed by atoms with van der Waals surface area (Å²) in [6, 6.07) is 18.7. The lowest BCUT2D eigenvalue weighted by Crippen LogP contribution is -2.33. The van der Waals surface area contributed by atoms with Gasteiger partial charge in [-0.1, -0.05) is 72.1 Å². The number of aliphatic imine (C=N–C) groups is 1. The highest BCUT2D eigenvalue weighted by atomic mass is 32.2. The van der Waals surface area contributed by atoms with Crippen molar-refractivity contribution < 1.29 is 4.79 Å². The number of carbonyl (C=O) groups excluding carboxylic acids is 1. The minimum atomic E-state index is 0.0920. The molecule has 2 aromatic rings. The lowest BCUT2D eigenvalue weighted by Gasteiger charge is -2.17.